The Labute approximate surface area is 194 Å². The van der Waals surface area contributed by atoms with Gasteiger partial charge in [-0.05, 0) is 73.4 Å². The number of fused-ring (bicyclic) bond motifs is 1. The molecule has 0 spiro atoms. The summed E-state index contributed by atoms with van der Waals surface area (Å²) >= 11 is 0. The van der Waals surface area contributed by atoms with Crippen molar-refractivity contribution in [2.45, 2.75) is 65.3 Å². The molecule has 172 valence electrons. The van der Waals surface area contributed by atoms with Crippen molar-refractivity contribution in [1.29, 1.82) is 0 Å². The fraction of sp³-hybridized carbons (Fsp3) is 0.370. The first-order valence-electron chi connectivity index (χ1n) is 11.8. The molecule has 2 aromatic carbocycles. The van der Waals surface area contributed by atoms with Crippen molar-refractivity contribution in [1.82, 2.24) is 9.78 Å². The number of anilines is 1. The van der Waals surface area contributed by atoms with Gasteiger partial charge in [0.2, 0.25) is 0 Å². The second-order valence-electron chi connectivity index (χ2n) is 8.61. The van der Waals surface area contributed by atoms with Crippen LogP contribution in [-0.4, -0.2) is 26.8 Å². The SMILES string of the molecule is CCc1nn(Cc2ccc(NC(=O)c3cccc4c3CCCC4)cc2)c(CC)c1CC(=O)O. The van der Waals surface area contributed by atoms with Crippen molar-refractivity contribution in [2.24, 2.45) is 0 Å². The van der Waals surface area contributed by atoms with Crippen molar-refractivity contribution in [3.63, 3.8) is 0 Å². The van der Waals surface area contributed by atoms with Gasteiger partial charge in [0.25, 0.3) is 5.91 Å². The number of carboxylic acid groups (broad SMARTS) is 1. The maximum Gasteiger partial charge on any atom is 0.307 e. The second-order valence-corrected chi connectivity index (χ2v) is 8.61. The third-order valence-corrected chi connectivity index (χ3v) is 6.43. The van der Waals surface area contributed by atoms with Crippen LogP contribution in [0, 0.1) is 0 Å². The molecule has 0 fully saturated rings. The smallest absolute Gasteiger partial charge is 0.307 e. The molecule has 2 N–H and O–H groups in total. The van der Waals surface area contributed by atoms with E-state index in [2.05, 4.69) is 16.5 Å². The van der Waals surface area contributed by atoms with Gasteiger partial charge in [0.1, 0.15) is 0 Å². The Balaban J connectivity index is 1.49. The molecule has 0 unspecified atom stereocenters. The van der Waals surface area contributed by atoms with E-state index in [1.807, 2.05) is 54.9 Å². The first kappa shape index (κ1) is 22.8. The lowest BCUT2D eigenvalue weighted by molar-refractivity contribution is -0.136. The molecule has 6 heteroatoms. The number of nitrogens with one attached hydrogen (secondary N) is 1. The topological polar surface area (TPSA) is 84.2 Å². The number of nitrogens with zero attached hydrogens (tertiary/aromatic N) is 2. The molecule has 6 nitrogen and oxygen atoms in total. The van der Waals surface area contributed by atoms with Gasteiger partial charge in [-0.2, -0.15) is 5.10 Å². The summed E-state index contributed by atoms with van der Waals surface area (Å²) in [6.07, 6.45) is 5.76. The average Bonchev–Trinajstić information content (AvgIpc) is 3.15. The van der Waals surface area contributed by atoms with Crippen LogP contribution in [-0.2, 0) is 43.4 Å². The molecule has 1 aliphatic rings. The highest BCUT2D eigenvalue weighted by atomic mass is 16.4. The molecule has 0 saturated carbocycles. The molecule has 0 bridgehead atoms. The van der Waals surface area contributed by atoms with Crippen LogP contribution >= 0.6 is 0 Å². The average molecular weight is 446 g/mol. The number of aliphatic carboxylic acids is 1. The zero-order valence-corrected chi connectivity index (χ0v) is 19.4. The number of amides is 1. The van der Waals surface area contributed by atoms with Gasteiger partial charge in [-0.15, -0.1) is 0 Å². The molecule has 0 atom stereocenters. The van der Waals surface area contributed by atoms with E-state index in [0.717, 1.165) is 59.4 Å². The van der Waals surface area contributed by atoms with Crippen LogP contribution in [0.4, 0.5) is 5.69 Å². The summed E-state index contributed by atoms with van der Waals surface area (Å²) in [5.41, 5.74) is 7.73. The van der Waals surface area contributed by atoms with Crippen molar-refractivity contribution in [3.05, 3.63) is 81.7 Å². The zero-order valence-electron chi connectivity index (χ0n) is 19.4. The highest BCUT2D eigenvalue weighted by Crippen LogP contribution is 2.25. The Kier molecular flexibility index (Phi) is 6.92. The Morgan fingerprint density at radius 2 is 1.79 bits per heavy atom. The van der Waals surface area contributed by atoms with Crippen molar-refractivity contribution in [3.8, 4) is 0 Å². The van der Waals surface area contributed by atoms with Crippen LogP contribution in [0.5, 0.6) is 0 Å². The standard InChI is InChI=1S/C27H31N3O3/c1-3-24-23(16-26(31)32)25(4-2)30(29-24)17-18-12-14-20(15-13-18)28-27(33)22-11-7-9-19-8-5-6-10-21(19)22/h7,9,11-15H,3-6,8,10,16-17H2,1-2H3,(H,28,33)(H,31,32). The maximum atomic E-state index is 12.9. The molecule has 1 aliphatic carbocycles. The zero-order chi connectivity index (χ0) is 23.4. The van der Waals surface area contributed by atoms with E-state index in [-0.39, 0.29) is 12.3 Å². The fourth-order valence-electron chi connectivity index (χ4n) is 4.81. The van der Waals surface area contributed by atoms with Gasteiger partial charge in [-0.3, -0.25) is 14.3 Å². The predicted octanol–water partition coefficient (Wildman–Crippen LogP) is 4.81. The van der Waals surface area contributed by atoms with Crippen LogP contribution < -0.4 is 5.32 Å². The number of rotatable bonds is 8. The second kappa shape index (κ2) is 10.0. The summed E-state index contributed by atoms with van der Waals surface area (Å²) in [7, 11) is 0. The van der Waals surface area contributed by atoms with E-state index >= 15 is 0 Å². The van der Waals surface area contributed by atoms with E-state index in [9.17, 15) is 14.7 Å². The van der Waals surface area contributed by atoms with E-state index in [1.54, 1.807) is 0 Å². The number of carboxylic acids is 1. The third-order valence-electron chi connectivity index (χ3n) is 6.43. The quantitative estimate of drug-likeness (QED) is 0.521. The van der Waals surface area contributed by atoms with E-state index in [0.29, 0.717) is 13.0 Å². The molecular weight excluding hydrogens is 414 g/mol. The molecular formula is C27H31N3O3. The summed E-state index contributed by atoms with van der Waals surface area (Å²) in [4.78, 5) is 24.2. The summed E-state index contributed by atoms with van der Waals surface area (Å²) in [5, 5.41) is 17.0. The van der Waals surface area contributed by atoms with Crippen LogP contribution in [0.25, 0.3) is 0 Å². The van der Waals surface area contributed by atoms with Gasteiger partial charge in [0.05, 0.1) is 18.7 Å². The predicted molar refractivity (Wildman–Crippen MR) is 129 cm³/mol. The van der Waals surface area contributed by atoms with E-state index in [4.69, 9.17) is 0 Å². The van der Waals surface area contributed by atoms with Crippen LogP contribution in [0.15, 0.2) is 42.5 Å². The molecule has 4 rings (SSSR count). The van der Waals surface area contributed by atoms with Gasteiger partial charge in [-0.1, -0.05) is 38.1 Å². The monoisotopic (exact) mass is 445 g/mol. The van der Waals surface area contributed by atoms with E-state index in [1.165, 1.54) is 17.5 Å². The molecule has 0 saturated heterocycles. The number of carbonyl (C=O) groups excluding carboxylic acids is 1. The molecule has 1 amide bonds. The summed E-state index contributed by atoms with van der Waals surface area (Å²) in [6, 6.07) is 13.8. The number of benzene rings is 2. The first-order valence-corrected chi connectivity index (χ1v) is 11.8. The molecule has 0 radical (unpaired) electrons. The summed E-state index contributed by atoms with van der Waals surface area (Å²) in [5.74, 6) is -0.897. The van der Waals surface area contributed by atoms with Gasteiger partial charge >= 0.3 is 5.97 Å². The number of carbonyl (C=O) groups is 2. The van der Waals surface area contributed by atoms with Crippen LogP contribution in [0.3, 0.4) is 0 Å². The lowest BCUT2D eigenvalue weighted by Crippen LogP contribution is -2.17. The maximum absolute atomic E-state index is 12.9. The molecule has 1 heterocycles. The third kappa shape index (κ3) is 5.00. The molecule has 0 aliphatic heterocycles. The van der Waals surface area contributed by atoms with Crippen LogP contribution in [0.2, 0.25) is 0 Å². The number of aromatic nitrogens is 2. The lowest BCUT2D eigenvalue weighted by atomic mass is 9.88. The normalized spacial score (nSPS) is 12.9. The Morgan fingerprint density at radius 3 is 2.48 bits per heavy atom. The van der Waals surface area contributed by atoms with Gasteiger partial charge in [0, 0.05) is 22.5 Å². The molecule has 1 aromatic heterocycles. The van der Waals surface area contributed by atoms with Gasteiger partial charge in [-0.25, -0.2) is 0 Å². The van der Waals surface area contributed by atoms with Gasteiger partial charge in [0.15, 0.2) is 0 Å². The highest BCUT2D eigenvalue weighted by molar-refractivity contribution is 6.05. The first-order chi connectivity index (χ1) is 16.0. The minimum Gasteiger partial charge on any atom is -0.481 e. The number of aryl methyl sites for hydroxylation is 2. The van der Waals surface area contributed by atoms with Crippen molar-refractivity contribution in [2.75, 3.05) is 5.32 Å². The Bertz CT molecular complexity index is 1160. The molecule has 33 heavy (non-hydrogen) atoms. The van der Waals surface area contributed by atoms with Crippen molar-refractivity contribution < 1.29 is 14.7 Å². The number of hydrogen-bond donors (Lipinski definition) is 2. The fourth-order valence-corrected chi connectivity index (χ4v) is 4.81. The Morgan fingerprint density at radius 1 is 1.03 bits per heavy atom. The van der Waals surface area contributed by atoms with E-state index < -0.39 is 5.97 Å². The minimum atomic E-state index is -0.835. The summed E-state index contributed by atoms with van der Waals surface area (Å²) < 4.78 is 1.92. The minimum absolute atomic E-state index is 0.000500. The Hall–Kier alpha value is -3.41. The molecule has 3 aromatic rings. The van der Waals surface area contributed by atoms with Crippen LogP contribution in [0.1, 0.15) is 70.7 Å². The number of hydrogen-bond acceptors (Lipinski definition) is 3. The van der Waals surface area contributed by atoms with Crippen molar-refractivity contribution >= 4 is 17.6 Å². The highest BCUT2D eigenvalue weighted by Gasteiger charge is 2.19. The van der Waals surface area contributed by atoms with Gasteiger partial charge < -0.3 is 10.4 Å². The largest absolute Gasteiger partial charge is 0.481 e. The summed E-state index contributed by atoms with van der Waals surface area (Å²) in [6.45, 7) is 4.59. The lowest BCUT2D eigenvalue weighted by Gasteiger charge is -2.19.